The number of nitrogens with one attached hydrogen (secondary N) is 2. The first kappa shape index (κ1) is 28.7. The Morgan fingerprint density at radius 1 is 0.952 bits per heavy atom. The molecule has 1 aliphatic heterocycles. The largest absolute Gasteiger partial charge is 0.508 e. The lowest BCUT2D eigenvalue weighted by Gasteiger charge is -2.27. The number of hydrogen-bond acceptors (Lipinski definition) is 9. The molecule has 13 heteroatoms. The summed E-state index contributed by atoms with van der Waals surface area (Å²) in [5.41, 5.74) is 4.42. The van der Waals surface area contributed by atoms with Crippen LogP contribution in [0.3, 0.4) is 0 Å². The van der Waals surface area contributed by atoms with Crippen LogP contribution in [0.5, 0.6) is 5.75 Å². The van der Waals surface area contributed by atoms with Gasteiger partial charge in [0.05, 0.1) is 48.8 Å². The van der Waals surface area contributed by atoms with Crippen molar-refractivity contribution in [2.45, 2.75) is 19.0 Å². The minimum atomic E-state index is -4.51. The molecule has 0 bridgehead atoms. The molecule has 0 radical (unpaired) electrons. The number of anilines is 4. The minimum absolute atomic E-state index is 0.108. The van der Waals surface area contributed by atoms with Crippen molar-refractivity contribution in [1.82, 2.24) is 15.0 Å². The number of phenolic OH excluding ortho intramolecular Hbond substituents is 1. The van der Waals surface area contributed by atoms with Gasteiger partial charge in [0.15, 0.2) is 11.6 Å². The van der Waals surface area contributed by atoms with Crippen LogP contribution in [-0.2, 0) is 23.8 Å². The smallest absolute Gasteiger partial charge is 0.416 e. The zero-order valence-corrected chi connectivity index (χ0v) is 22.3. The van der Waals surface area contributed by atoms with E-state index in [4.69, 9.17) is 4.74 Å². The maximum Gasteiger partial charge on any atom is 0.416 e. The summed E-state index contributed by atoms with van der Waals surface area (Å²) in [4.78, 5) is 14.1. The quantitative estimate of drug-likeness (QED) is 0.134. The number of aryl methyl sites for hydroxylation is 2. The Morgan fingerprint density at radius 3 is 2.50 bits per heavy atom. The molecule has 0 saturated carbocycles. The standard InChI is InChI=1S/C29H27F4N7O2/c30-26-18-35-28(38-27(26)40-8-10-42-11-9-40)39-36-17-22-6-7-23(16-34-22)37-24-13-20(12-21(15-24)29(31,32)33)5-4-19-2-1-3-25(41)14-19/h1-3,6-7,12-18,37,41H,4-5,8-11H2,(H,35,38,39)/b36-17+. The van der Waals surface area contributed by atoms with Crippen LogP contribution in [0.1, 0.15) is 22.4 Å². The number of hydrogen-bond donors (Lipinski definition) is 3. The minimum Gasteiger partial charge on any atom is -0.508 e. The third-order valence-electron chi connectivity index (χ3n) is 6.41. The Balaban J connectivity index is 1.23. The van der Waals surface area contributed by atoms with Gasteiger partial charge >= 0.3 is 6.18 Å². The number of morpholine rings is 1. The van der Waals surface area contributed by atoms with Gasteiger partial charge in [-0.05, 0) is 66.4 Å². The molecule has 42 heavy (non-hydrogen) atoms. The van der Waals surface area contributed by atoms with Crippen LogP contribution < -0.4 is 15.6 Å². The fraction of sp³-hybridized carbons (Fsp3) is 0.241. The average molecular weight is 582 g/mol. The first-order valence-corrected chi connectivity index (χ1v) is 13.1. The average Bonchev–Trinajstić information content (AvgIpc) is 2.98. The van der Waals surface area contributed by atoms with Crippen molar-refractivity contribution >= 4 is 29.4 Å². The van der Waals surface area contributed by atoms with Crippen LogP contribution in [0, 0.1) is 5.82 Å². The second kappa shape index (κ2) is 12.8. The number of phenols is 1. The molecule has 218 valence electrons. The van der Waals surface area contributed by atoms with Gasteiger partial charge in [0.1, 0.15) is 5.75 Å². The highest BCUT2D eigenvalue weighted by atomic mass is 19.4. The molecule has 2 aromatic heterocycles. The number of rotatable bonds is 9. The zero-order valence-electron chi connectivity index (χ0n) is 22.3. The van der Waals surface area contributed by atoms with Crippen LogP contribution in [0.15, 0.2) is 72.1 Å². The molecular weight excluding hydrogens is 554 g/mol. The van der Waals surface area contributed by atoms with Gasteiger partial charge in [0.25, 0.3) is 0 Å². The molecule has 3 heterocycles. The molecule has 1 fully saturated rings. The highest BCUT2D eigenvalue weighted by Crippen LogP contribution is 2.33. The predicted octanol–water partition coefficient (Wildman–Crippen LogP) is 5.55. The molecule has 2 aromatic carbocycles. The van der Waals surface area contributed by atoms with Crippen LogP contribution in [-0.4, -0.2) is 52.6 Å². The molecule has 1 aliphatic rings. The van der Waals surface area contributed by atoms with Crippen LogP contribution in [0.25, 0.3) is 0 Å². The number of halogens is 4. The second-order valence-corrected chi connectivity index (χ2v) is 9.52. The maximum absolute atomic E-state index is 14.2. The highest BCUT2D eigenvalue weighted by molar-refractivity contribution is 5.78. The van der Waals surface area contributed by atoms with Gasteiger partial charge in [-0.25, -0.2) is 14.8 Å². The van der Waals surface area contributed by atoms with E-state index in [9.17, 15) is 22.7 Å². The Hall–Kier alpha value is -4.78. The molecule has 0 aliphatic carbocycles. The molecule has 0 atom stereocenters. The van der Waals surface area contributed by atoms with E-state index in [0.717, 1.165) is 23.9 Å². The summed E-state index contributed by atoms with van der Waals surface area (Å²) in [5, 5.41) is 16.7. The van der Waals surface area contributed by atoms with Crippen molar-refractivity contribution < 1.29 is 27.4 Å². The monoisotopic (exact) mass is 581 g/mol. The van der Waals surface area contributed by atoms with Gasteiger partial charge in [-0.2, -0.15) is 23.3 Å². The maximum atomic E-state index is 14.2. The van der Waals surface area contributed by atoms with Crippen LogP contribution in [0.2, 0.25) is 0 Å². The summed E-state index contributed by atoms with van der Waals surface area (Å²) in [6.45, 7) is 2.00. The number of aromatic hydroxyl groups is 1. The predicted molar refractivity (Wildman–Crippen MR) is 151 cm³/mol. The molecule has 4 aromatic rings. The summed E-state index contributed by atoms with van der Waals surface area (Å²) in [6.07, 6.45) is 0.263. The van der Waals surface area contributed by atoms with E-state index in [0.29, 0.717) is 56.1 Å². The van der Waals surface area contributed by atoms with Gasteiger partial charge in [-0.3, -0.25) is 4.98 Å². The van der Waals surface area contributed by atoms with E-state index >= 15 is 0 Å². The lowest BCUT2D eigenvalue weighted by Crippen LogP contribution is -2.37. The number of pyridine rings is 1. The van der Waals surface area contributed by atoms with Crippen LogP contribution in [0.4, 0.5) is 40.7 Å². The molecular formula is C29H27F4N7O2. The van der Waals surface area contributed by atoms with Gasteiger partial charge < -0.3 is 20.1 Å². The molecule has 0 unspecified atom stereocenters. The van der Waals surface area contributed by atoms with E-state index in [1.165, 1.54) is 12.4 Å². The van der Waals surface area contributed by atoms with Crippen LogP contribution >= 0.6 is 0 Å². The topological polar surface area (TPSA) is 108 Å². The Kier molecular flexibility index (Phi) is 8.77. The first-order chi connectivity index (χ1) is 20.2. The van der Waals surface area contributed by atoms with E-state index in [1.54, 1.807) is 41.3 Å². The summed E-state index contributed by atoms with van der Waals surface area (Å²) < 4.78 is 60.3. The lowest BCUT2D eigenvalue weighted by atomic mass is 10.0. The molecule has 0 amide bonds. The van der Waals surface area contributed by atoms with E-state index in [2.05, 4.69) is 30.8 Å². The summed E-state index contributed by atoms with van der Waals surface area (Å²) >= 11 is 0. The van der Waals surface area contributed by atoms with E-state index < -0.39 is 17.6 Å². The number of ether oxygens (including phenoxy) is 1. The van der Waals surface area contributed by atoms with Crippen molar-refractivity contribution in [3.8, 4) is 5.75 Å². The number of aromatic nitrogens is 3. The van der Waals surface area contributed by atoms with Crippen molar-refractivity contribution in [3.05, 3.63) is 95.2 Å². The molecule has 9 nitrogen and oxygen atoms in total. The van der Waals surface area contributed by atoms with Crippen molar-refractivity contribution in [1.29, 1.82) is 0 Å². The normalized spacial score (nSPS) is 13.9. The molecule has 5 rings (SSSR count). The number of alkyl halides is 3. The summed E-state index contributed by atoms with van der Waals surface area (Å²) in [7, 11) is 0. The fourth-order valence-corrected chi connectivity index (χ4v) is 4.36. The Morgan fingerprint density at radius 2 is 1.76 bits per heavy atom. The Bertz CT molecular complexity index is 1540. The third kappa shape index (κ3) is 7.69. The SMILES string of the molecule is Oc1cccc(CCc2cc(Nc3ccc(/C=N/Nc4ncc(F)c(N5CCOCC5)n4)nc3)cc(C(F)(F)F)c2)c1. The molecule has 0 spiro atoms. The number of benzene rings is 2. The fourth-order valence-electron chi connectivity index (χ4n) is 4.36. The Labute approximate surface area is 238 Å². The van der Waals surface area contributed by atoms with Gasteiger partial charge in [-0.15, -0.1) is 0 Å². The molecule has 3 N–H and O–H groups in total. The zero-order chi connectivity index (χ0) is 29.5. The van der Waals surface area contributed by atoms with Gasteiger partial charge in [-0.1, -0.05) is 12.1 Å². The number of nitrogens with zero attached hydrogens (tertiary/aromatic N) is 5. The third-order valence-corrected chi connectivity index (χ3v) is 6.41. The molecule has 1 saturated heterocycles. The van der Waals surface area contributed by atoms with Crippen molar-refractivity contribution in [3.63, 3.8) is 0 Å². The van der Waals surface area contributed by atoms with E-state index in [-0.39, 0.29) is 23.2 Å². The summed E-state index contributed by atoms with van der Waals surface area (Å²) in [6, 6.07) is 13.8. The van der Waals surface area contributed by atoms with Gasteiger partial charge in [0.2, 0.25) is 5.95 Å². The lowest BCUT2D eigenvalue weighted by molar-refractivity contribution is -0.137. The van der Waals surface area contributed by atoms with E-state index in [1.807, 2.05) is 6.07 Å². The van der Waals surface area contributed by atoms with Gasteiger partial charge in [0, 0.05) is 18.8 Å². The first-order valence-electron chi connectivity index (χ1n) is 13.1. The second-order valence-electron chi connectivity index (χ2n) is 9.52. The highest BCUT2D eigenvalue weighted by Gasteiger charge is 2.31. The van der Waals surface area contributed by atoms with Crippen molar-refractivity contribution in [2.24, 2.45) is 5.10 Å². The number of hydrazone groups is 1. The summed E-state index contributed by atoms with van der Waals surface area (Å²) in [5.74, 6) is -0.161. The van der Waals surface area contributed by atoms with Crippen molar-refractivity contribution in [2.75, 3.05) is 41.9 Å².